The average molecular weight is 214 g/mol. The predicted octanol–water partition coefficient (Wildman–Crippen LogP) is 2.87. The summed E-state index contributed by atoms with van der Waals surface area (Å²) in [5.74, 6) is 0. The summed E-state index contributed by atoms with van der Waals surface area (Å²) < 4.78 is 13.9. The van der Waals surface area contributed by atoms with Crippen LogP contribution in [0.1, 0.15) is 0 Å². The summed E-state index contributed by atoms with van der Waals surface area (Å²) in [4.78, 5) is 1.07. The van der Waals surface area contributed by atoms with Crippen LogP contribution in [0.15, 0.2) is 29.2 Å². The Morgan fingerprint density at radius 1 is 1.38 bits per heavy atom. The van der Waals surface area contributed by atoms with Crippen LogP contribution in [0.4, 0.5) is 5.69 Å². The summed E-state index contributed by atoms with van der Waals surface area (Å²) in [6, 6.07) is 7.83. The van der Waals surface area contributed by atoms with Gasteiger partial charge in [-0.25, -0.2) is 4.67 Å². The second-order valence-corrected chi connectivity index (χ2v) is 7.79. The van der Waals surface area contributed by atoms with Crippen LogP contribution in [0, 0.1) is 0 Å². The first-order chi connectivity index (χ1) is 6.12. The Hall–Kier alpha value is -0.440. The monoisotopic (exact) mass is 214 g/mol. The lowest BCUT2D eigenvalue weighted by atomic mass is 10.3. The molecule has 0 saturated carbocycles. The van der Waals surface area contributed by atoms with Crippen molar-refractivity contribution in [2.75, 3.05) is 19.2 Å². The van der Waals surface area contributed by atoms with Crippen molar-refractivity contribution in [3.05, 3.63) is 24.3 Å². The van der Waals surface area contributed by atoms with Crippen molar-refractivity contribution in [1.82, 2.24) is 4.67 Å². The third kappa shape index (κ3) is 1.50. The van der Waals surface area contributed by atoms with Crippen LogP contribution in [0.25, 0.3) is 0 Å². The number of para-hydroxylation sites is 1. The summed E-state index contributed by atoms with van der Waals surface area (Å²) in [7, 11) is 3.65. The standard InChI is InChI=1S/C8H11N2OPS/c1-10(2)12(11)9-7-5-3-4-6-8(7)13-12/h3-6H,1-2H3,(H,9,11)/t12-/m1/s1. The number of hydrogen-bond acceptors (Lipinski definition) is 2. The van der Waals surface area contributed by atoms with Gasteiger partial charge in [-0.05, 0) is 37.6 Å². The van der Waals surface area contributed by atoms with Crippen molar-refractivity contribution in [3.63, 3.8) is 0 Å². The molecule has 0 saturated heterocycles. The van der Waals surface area contributed by atoms with Gasteiger partial charge >= 0.3 is 0 Å². The molecule has 1 aromatic carbocycles. The zero-order valence-corrected chi connectivity index (χ0v) is 9.23. The second kappa shape index (κ2) is 3.05. The van der Waals surface area contributed by atoms with E-state index in [1.807, 2.05) is 38.4 Å². The molecule has 1 atom stereocenters. The van der Waals surface area contributed by atoms with E-state index in [-0.39, 0.29) is 0 Å². The first-order valence-electron chi connectivity index (χ1n) is 3.96. The lowest BCUT2D eigenvalue weighted by molar-refractivity contribution is 0.535. The number of anilines is 1. The molecule has 0 spiro atoms. The average Bonchev–Trinajstić information content (AvgIpc) is 2.42. The van der Waals surface area contributed by atoms with Crippen LogP contribution in [-0.4, -0.2) is 18.8 Å². The summed E-state index contributed by atoms with van der Waals surface area (Å²) in [5.41, 5.74) is 0.976. The first-order valence-corrected chi connectivity index (χ1v) is 7.05. The Labute approximate surface area is 81.7 Å². The fourth-order valence-corrected chi connectivity index (χ4v) is 4.94. The molecule has 0 amide bonds. The lowest BCUT2D eigenvalue weighted by Crippen LogP contribution is -2.08. The minimum Gasteiger partial charge on any atom is -0.315 e. The van der Waals surface area contributed by atoms with Crippen LogP contribution < -0.4 is 5.09 Å². The topological polar surface area (TPSA) is 32.3 Å². The number of nitrogens with zero attached hydrogens (tertiary/aromatic N) is 1. The Morgan fingerprint density at radius 3 is 2.69 bits per heavy atom. The fourth-order valence-electron chi connectivity index (χ4n) is 1.13. The molecular formula is C8H11N2OPS. The second-order valence-electron chi connectivity index (χ2n) is 3.07. The first kappa shape index (κ1) is 9.13. The van der Waals surface area contributed by atoms with Gasteiger partial charge in [-0.1, -0.05) is 12.1 Å². The van der Waals surface area contributed by atoms with Crippen molar-refractivity contribution in [3.8, 4) is 0 Å². The van der Waals surface area contributed by atoms with Crippen LogP contribution in [0.3, 0.4) is 0 Å². The van der Waals surface area contributed by atoms with Crippen LogP contribution in [-0.2, 0) is 4.57 Å². The molecule has 1 heterocycles. The smallest absolute Gasteiger partial charge is 0.297 e. The van der Waals surface area contributed by atoms with Crippen molar-refractivity contribution >= 4 is 23.7 Å². The van der Waals surface area contributed by atoms with Gasteiger partial charge in [0.25, 0.3) is 6.65 Å². The SMILES string of the molecule is CN(C)[P@@]1(=O)Nc2ccccc2S1. The minimum atomic E-state index is -2.42. The van der Waals surface area contributed by atoms with Gasteiger partial charge < -0.3 is 5.09 Å². The van der Waals surface area contributed by atoms with Gasteiger partial charge in [0.05, 0.1) is 5.69 Å². The summed E-state index contributed by atoms with van der Waals surface area (Å²) >= 11 is 1.42. The molecule has 3 nitrogen and oxygen atoms in total. The molecule has 1 N–H and O–H groups in total. The lowest BCUT2D eigenvalue weighted by Gasteiger charge is -2.18. The van der Waals surface area contributed by atoms with Gasteiger partial charge in [0.1, 0.15) is 0 Å². The van der Waals surface area contributed by atoms with Crippen molar-refractivity contribution in [2.24, 2.45) is 0 Å². The zero-order chi connectivity index (χ0) is 9.47. The minimum absolute atomic E-state index is 0.976. The molecular weight excluding hydrogens is 203 g/mol. The molecule has 0 radical (unpaired) electrons. The Kier molecular flexibility index (Phi) is 2.14. The van der Waals surface area contributed by atoms with E-state index < -0.39 is 6.65 Å². The molecule has 13 heavy (non-hydrogen) atoms. The van der Waals surface area contributed by atoms with Gasteiger partial charge in [0, 0.05) is 4.90 Å². The van der Waals surface area contributed by atoms with Gasteiger partial charge in [-0.2, -0.15) is 0 Å². The summed E-state index contributed by atoms with van der Waals surface area (Å²) in [6.07, 6.45) is 0. The van der Waals surface area contributed by atoms with Gasteiger partial charge in [-0.3, -0.25) is 4.57 Å². The summed E-state index contributed by atoms with van der Waals surface area (Å²) in [5, 5.41) is 3.05. The Bertz CT molecular complexity index is 351. The third-order valence-electron chi connectivity index (χ3n) is 1.90. The van der Waals surface area contributed by atoms with Crippen molar-refractivity contribution < 1.29 is 4.57 Å². The molecule has 0 fully saturated rings. The number of nitrogens with one attached hydrogen (secondary N) is 1. The number of rotatable bonds is 1. The van der Waals surface area contributed by atoms with E-state index in [9.17, 15) is 4.57 Å². The zero-order valence-electron chi connectivity index (χ0n) is 7.52. The highest BCUT2D eigenvalue weighted by Gasteiger charge is 2.33. The maximum Gasteiger partial charge on any atom is 0.297 e. The molecule has 0 bridgehead atoms. The predicted molar refractivity (Wildman–Crippen MR) is 57.2 cm³/mol. The highest BCUT2D eigenvalue weighted by atomic mass is 32.7. The maximum atomic E-state index is 12.1. The molecule has 2 rings (SSSR count). The molecule has 1 aliphatic heterocycles. The maximum absolute atomic E-state index is 12.1. The molecule has 5 heteroatoms. The number of hydrogen-bond donors (Lipinski definition) is 1. The van der Waals surface area contributed by atoms with Crippen molar-refractivity contribution in [2.45, 2.75) is 4.90 Å². The van der Waals surface area contributed by atoms with Gasteiger partial charge in [0.15, 0.2) is 0 Å². The molecule has 0 aromatic heterocycles. The van der Waals surface area contributed by atoms with E-state index in [2.05, 4.69) is 5.09 Å². The van der Waals surface area contributed by atoms with E-state index in [1.54, 1.807) is 4.67 Å². The summed E-state index contributed by atoms with van der Waals surface area (Å²) in [6.45, 7) is -2.42. The molecule has 1 aliphatic rings. The number of fused-ring (bicyclic) bond motifs is 1. The highest BCUT2D eigenvalue weighted by Crippen LogP contribution is 2.68. The van der Waals surface area contributed by atoms with Gasteiger partial charge in [-0.15, -0.1) is 0 Å². The molecule has 0 unspecified atom stereocenters. The van der Waals surface area contributed by atoms with E-state index >= 15 is 0 Å². The molecule has 1 aromatic rings. The fraction of sp³-hybridized carbons (Fsp3) is 0.250. The quantitative estimate of drug-likeness (QED) is 0.728. The molecule has 0 aliphatic carbocycles. The third-order valence-corrected chi connectivity index (χ3v) is 6.86. The number of benzene rings is 1. The van der Waals surface area contributed by atoms with Crippen LogP contribution in [0.5, 0.6) is 0 Å². The Balaban J connectivity index is 2.37. The normalized spacial score (nSPS) is 25.8. The highest BCUT2D eigenvalue weighted by molar-refractivity contribution is 8.58. The van der Waals surface area contributed by atoms with E-state index in [4.69, 9.17) is 0 Å². The van der Waals surface area contributed by atoms with Crippen LogP contribution in [0.2, 0.25) is 0 Å². The Morgan fingerprint density at radius 2 is 2.08 bits per heavy atom. The van der Waals surface area contributed by atoms with E-state index in [1.165, 1.54) is 11.4 Å². The van der Waals surface area contributed by atoms with E-state index in [0.717, 1.165) is 10.6 Å². The van der Waals surface area contributed by atoms with Gasteiger partial charge in [0.2, 0.25) is 0 Å². The molecule has 70 valence electrons. The van der Waals surface area contributed by atoms with Crippen molar-refractivity contribution in [1.29, 1.82) is 0 Å². The van der Waals surface area contributed by atoms with Crippen LogP contribution >= 0.6 is 18.0 Å². The van der Waals surface area contributed by atoms with E-state index in [0.29, 0.717) is 0 Å². The largest absolute Gasteiger partial charge is 0.315 e.